The van der Waals surface area contributed by atoms with Gasteiger partial charge in [-0.05, 0) is 26.2 Å². The first-order valence-electron chi connectivity index (χ1n) is 5.82. The lowest BCUT2D eigenvalue weighted by Gasteiger charge is -2.23. The van der Waals surface area contributed by atoms with Gasteiger partial charge in [-0.1, -0.05) is 26.2 Å². The smallest absolute Gasteiger partial charge is 0.319 e. The van der Waals surface area contributed by atoms with Crippen LogP contribution in [0.15, 0.2) is 0 Å². The average Bonchev–Trinajstić information content (AvgIpc) is 2.67. The van der Waals surface area contributed by atoms with Crippen molar-refractivity contribution in [3.05, 3.63) is 0 Å². The fourth-order valence-electron chi connectivity index (χ4n) is 2.13. The van der Waals surface area contributed by atoms with E-state index in [1.807, 2.05) is 6.92 Å². The minimum atomic E-state index is -0.798. The predicted molar refractivity (Wildman–Crippen MR) is 57.4 cm³/mol. The van der Waals surface area contributed by atoms with Crippen LogP contribution in [0.5, 0.6) is 0 Å². The van der Waals surface area contributed by atoms with Gasteiger partial charge in [0.05, 0.1) is 6.61 Å². The molecule has 0 heterocycles. The van der Waals surface area contributed by atoms with Crippen LogP contribution in [0.4, 0.5) is 0 Å². The van der Waals surface area contributed by atoms with Crippen LogP contribution in [0.3, 0.4) is 0 Å². The van der Waals surface area contributed by atoms with Gasteiger partial charge in [-0.25, -0.2) is 0 Å². The molecule has 0 aliphatic heterocycles. The molecule has 3 heteroatoms. The predicted octanol–water partition coefficient (Wildman–Crippen LogP) is 2.48. The first-order valence-corrected chi connectivity index (χ1v) is 5.82. The molecule has 0 aromatic heterocycles. The van der Waals surface area contributed by atoms with Crippen LogP contribution in [-0.4, -0.2) is 18.4 Å². The number of carbonyl (C=O) groups is 2. The highest BCUT2D eigenvalue weighted by atomic mass is 16.5. The van der Waals surface area contributed by atoms with Crippen LogP contribution in [0.1, 0.15) is 52.4 Å². The van der Waals surface area contributed by atoms with Gasteiger partial charge in [0.1, 0.15) is 11.2 Å². The second kappa shape index (κ2) is 5.29. The quantitative estimate of drug-likeness (QED) is 0.399. The van der Waals surface area contributed by atoms with Crippen LogP contribution < -0.4 is 0 Å². The van der Waals surface area contributed by atoms with E-state index in [0.29, 0.717) is 19.4 Å². The van der Waals surface area contributed by atoms with E-state index in [9.17, 15) is 9.59 Å². The number of carbonyl (C=O) groups excluding carboxylic acids is 2. The Labute approximate surface area is 91.2 Å². The summed E-state index contributed by atoms with van der Waals surface area (Å²) in [5.74, 6) is -0.317. The maximum Gasteiger partial charge on any atom is 0.319 e. The Kier molecular flexibility index (Phi) is 4.30. The lowest BCUT2D eigenvalue weighted by Crippen LogP contribution is -2.37. The van der Waals surface area contributed by atoms with Gasteiger partial charge < -0.3 is 4.74 Å². The summed E-state index contributed by atoms with van der Waals surface area (Å²) >= 11 is 0. The van der Waals surface area contributed by atoms with Crippen molar-refractivity contribution in [3.63, 3.8) is 0 Å². The minimum Gasteiger partial charge on any atom is -0.465 e. The molecule has 0 radical (unpaired) electrons. The van der Waals surface area contributed by atoms with E-state index in [1.54, 1.807) is 0 Å². The highest BCUT2D eigenvalue weighted by Crippen LogP contribution is 2.40. The van der Waals surface area contributed by atoms with E-state index >= 15 is 0 Å². The van der Waals surface area contributed by atoms with Crippen LogP contribution in [0.2, 0.25) is 0 Å². The maximum absolute atomic E-state index is 11.8. The first-order chi connectivity index (χ1) is 7.13. The first kappa shape index (κ1) is 12.2. The Morgan fingerprint density at radius 2 is 1.87 bits per heavy atom. The Morgan fingerprint density at radius 3 is 2.33 bits per heavy atom. The SMILES string of the molecule is CCCCOC(=O)C1(C(C)=O)CCCC1. The molecule has 0 atom stereocenters. The zero-order chi connectivity index (χ0) is 11.3. The normalized spacial score (nSPS) is 18.8. The summed E-state index contributed by atoms with van der Waals surface area (Å²) in [5, 5.41) is 0. The molecule has 1 aliphatic rings. The number of rotatable bonds is 5. The second-order valence-electron chi connectivity index (χ2n) is 4.33. The highest BCUT2D eigenvalue weighted by molar-refractivity contribution is 6.02. The lowest BCUT2D eigenvalue weighted by molar-refractivity contribution is -0.159. The topological polar surface area (TPSA) is 43.4 Å². The molecule has 0 unspecified atom stereocenters. The standard InChI is InChI=1S/C12H20O3/c1-3-4-9-15-11(14)12(10(2)13)7-5-6-8-12/h3-9H2,1-2H3. The van der Waals surface area contributed by atoms with Gasteiger partial charge in [0.15, 0.2) is 0 Å². The van der Waals surface area contributed by atoms with Crippen molar-refractivity contribution in [1.29, 1.82) is 0 Å². The molecule has 0 spiro atoms. The van der Waals surface area contributed by atoms with Crippen LogP contribution in [0.25, 0.3) is 0 Å². The summed E-state index contributed by atoms with van der Waals surface area (Å²) in [6.45, 7) is 4.00. The lowest BCUT2D eigenvalue weighted by atomic mass is 9.82. The summed E-state index contributed by atoms with van der Waals surface area (Å²) in [5.41, 5.74) is -0.798. The Morgan fingerprint density at radius 1 is 1.27 bits per heavy atom. The van der Waals surface area contributed by atoms with Crippen molar-refractivity contribution in [3.8, 4) is 0 Å². The van der Waals surface area contributed by atoms with Crippen molar-refractivity contribution in [1.82, 2.24) is 0 Å². The van der Waals surface area contributed by atoms with Gasteiger partial charge in [-0.15, -0.1) is 0 Å². The number of unbranched alkanes of at least 4 members (excludes halogenated alkanes) is 1. The molecule has 15 heavy (non-hydrogen) atoms. The van der Waals surface area contributed by atoms with E-state index in [2.05, 4.69) is 0 Å². The van der Waals surface area contributed by atoms with Crippen molar-refractivity contribution in [2.24, 2.45) is 5.41 Å². The van der Waals surface area contributed by atoms with Crippen molar-refractivity contribution in [2.75, 3.05) is 6.61 Å². The van der Waals surface area contributed by atoms with Crippen molar-refractivity contribution in [2.45, 2.75) is 52.4 Å². The molecular weight excluding hydrogens is 192 g/mol. The zero-order valence-electron chi connectivity index (χ0n) is 9.67. The zero-order valence-corrected chi connectivity index (χ0v) is 9.67. The number of ether oxygens (including phenoxy) is 1. The van der Waals surface area contributed by atoms with Crippen LogP contribution in [-0.2, 0) is 14.3 Å². The minimum absolute atomic E-state index is 0.0264. The summed E-state index contributed by atoms with van der Waals surface area (Å²) in [4.78, 5) is 23.4. The van der Waals surface area contributed by atoms with Gasteiger partial charge >= 0.3 is 5.97 Å². The van der Waals surface area contributed by atoms with Gasteiger partial charge in [0.25, 0.3) is 0 Å². The summed E-state index contributed by atoms with van der Waals surface area (Å²) < 4.78 is 5.17. The summed E-state index contributed by atoms with van der Waals surface area (Å²) in [6.07, 6.45) is 5.14. The van der Waals surface area contributed by atoms with Gasteiger partial charge in [-0.3, -0.25) is 9.59 Å². The molecule has 0 aromatic rings. The van der Waals surface area contributed by atoms with Gasteiger partial charge in [0, 0.05) is 0 Å². The Bertz CT molecular complexity index is 239. The molecule has 1 saturated carbocycles. The average molecular weight is 212 g/mol. The maximum atomic E-state index is 11.8. The van der Waals surface area contributed by atoms with E-state index in [1.165, 1.54) is 6.92 Å². The molecule has 0 N–H and O–H groups in total. The largest absolute Gasteiger partial charge is 0.465 e. The molecule has 1 fully saturated rings. The van der Waals surface area contributed by atoms with Gasteiger partial charge in [0.2, 0.25) is 0 Å². The third kappa shape index (κ3) is 2.58. The van der Waals surface area contributed by atoms with Gasteiger partial charge in [-0.2, -0.15) is 0 Å². The van der Waals surface area contributed by atoms with E-state index in [4.69, 9.17) is 4.74 Å². The Balaban J connectivity index is 2.56. The number of esters is 1. The molecule has 0 amide bonds. The number of hydrogen-bond donors (Lipinski definition) is 0. The molecule has 0 saturated heterocycles. The third-order valence-electron chi connectivity index (χ3n) is 3.25. The molecule has 0 aromatic carbocycles. The number of hydrogen-bond acceptors (Lipinski definition) is 3. The molecule has 3 nitrogen and oxygen atoms in total. The Hall–Kier alpha value is -0.860. The van der Waals surface area contributed by atoms with Crippen molar-refractivity contribution < 1.29 is 14.3 Å². The van der Waals surface area contributed by atoms with Crippen molar-refractivity contribution >= 4 is 11.8 Å². The molecule has 1 rings (SSSR count). The van der Waals surface area contributed by atoms with Crippen LogP contribution in [0, 0.1) is 5.41 Å². The molecular formula is C12H20O3. The second-order valence-corrected chi connectivity index (χ2v) is 4.33. The van der Waals surface area contributed by atoms with Crippen LogP contribution >= 0.6 is 0 Å². The highest BCUT2D eigenvalue weighted by Gasteiger charge is 2.46. The monoisotopic (exact) mass is 212 g/mol. The summed E-state index contributed by atoms with van der Waals surface area (Å²) in [7, 11) is 0. The fourth-order valence-corrected chi connectivity index (χ4v) is 2.13. The number of ketones is 1. The van der Waals surface area contributed by atoms with E-state index < -0.39 is 5.41 Å². The van der Waals surface area contributed by atoms with E-state index in [-0.39, 0.29) is 11.8 Å². The van der Waals surface area contributed by atoms with E-state index in [0.717, 1.165) is 25.7 Å². The summed E-state index contributed by atoms with van der Waals surface area (Å²) in [6, 6.07) is 0. The fraction of sp³-hybridized carbons (Fsp3) is 0.833. The molecule has 0 bridgehead atoms. The third-order valence-corrected chi connectivity index (χ3v) is 3.25. The number of Topliss-reactive ketones (excluding diaryl/α,β-unsaturated/α-hetero) is 1. The molecule has 86 valence electrons. The molecule has 1 aliphatic carbocycles.